The molecule has 94 valence electrons. The maximum atomic E-state index is 12.6. The van der Waals surface area contributed by atoms with Gasteiger partial charge in [0, 0.05) is 25.8 Å². The molecule has 2 heterocycles. The summed E-state index contributed by atoms with van der Waals surface area (Å²) < 4.78 is 38.9. The SMILES string of the molecule is FC(F)(F)c1ccnn1CC1CC2(CNC2)C1. The maximum Gasteiger partial charge on any atom is 0.433 e. The molecule has 0 bridgehead atoms. The van der Waals surface area contributed by atoms with Gasteiger partial charge in [-0.25, -0.2) is 0 Å². The largest absolute Gasteiger partial charge is 0.433 e. The van der Waals surface area contributed by atoms with Crippen LogP contribution in [0.15, 0.2) is 12.3 Å². The molecule has 1 spiro atoms. The van der Waals surface area contributed by atoms with Crippen LogP contribution in [0.25, 0.3) is 0 Å². The first-order chi connectivity index (χ1) is 7.99. The highest BCUT2D eigenvalue weighted by atomic mass is 19.4. The van der Waals surface area contributed by atoms with Crippen LogP contribution >= 0.6 is 0 Å². The highest BCUT2D eigenvalue weighted by Gasteiger charge is 2.48. The lowest BCUT2D eigenvalue weighted by Crippen LogP contribution is -2.60. The number of alkyl halides is 3. The third-order valence-corrected chi connectivity index (χ3v) is 3.88. The average molecular weight is 245 g/mol. The summed E-state index contributed by atoms with van der Waals surface area (Å²) in [6, 6.07) is 1.04. The quantitative estimate of drug-likeness (QED) is 0.862. The minimum absolute atomic E-state index is 0.345. The molecule has 0 aromatic carbocycles. The van der Waals surface area contributed by atoms with Gasteiger partial charge < -0.3 is 5.32 Å². The van der Waals surface area contributed by atoms with Crippen molar-refractivity contribution in [2.75, 3.05) is 13.1 Å². The van der Waals surface area contributed by atoms with Gasteiger partial charge in [0.05, 0.1) is 0 Å². The Morgan fingerprint density at radius 3 is 2.65 bits per heavy atom. The molecule has 0 amide bonds. The molecule has 0 radical (unpaired) electrons. The van der Waals surface area contributed by atoms with Crippen LogP contribution in [-0.4, -0.2) is 22.9 Å². The number of hydrogen-bond acceptors (Lipinski definition) is 2. The fourth-order valence-corrected chi connectivity index (χ4v) is 3.02. The molecule has 1 saturated carbocycles. The minimum Gasteiger partial charge on any atom is -0.316 e. The van der Waals surface area contributed by atoms with E-state index in [9.17, 15) is 13.2 Å². The number of rotatable bonds is 2. The highest BCUT2D eigenvalue weighted by Crippen LogP contribution is 2.49. The fraction of sp³-hybridized carbons (Fsp3) is 0.727. The van der Waals surface area contributed by atoms with E-state index in [4.69, 9.17) is 0 Å². The zero-order valence-corrected chi connectivity index (χ0v) is 9.30. The molecule has 3 rings (SSSR count). The topological polar surface area (TPSA) is 29.9 Å². The van der Waals surface area contributed by atoms with Crippen molar-refractivity contribution in [2.24, 2.45) is 11.3 Å². The summed E-state index contributed by atoms with van der Waals surface area (Å²) in [5, 5.41) is 6.99. The van der Waals surface area contributed by atoms with Gasteiger partial charge in [-0.2, -0.15) is 18.3 Å². The lowest BCUT2D eigenvalue weighted by molar-refractivity contribution is -0.145. The van der Waals surface area contributed by atoms with Crippen molar-refractivity contribution in [3.05, 3.63) is 18.0 Å². The van der Waals surface area contributed by atoms with Gasteiger partial charge in [-0.3, -0.25) is 4.68 Å². The predicted molar refractivity (Wildman–Crippen MR) is 55.3 cm³/mol. The monoisotopic (exact) mass is 245 g/mol. The molecule has 1 aliphatic carbocycles. The van der Waals surface area contributed by atoms with Gasteiger partial charge in [0.2, 0.25) is 0 Å². The average Bonchev–Trinajstić information content (AvgIpc) is 2.53. The van der Waals surface area contributed by atoms with Crippen LogP contribution in [0, 0.1) is 11.3 Å². The van der Waals surface area contributed by atoms with E-state index >= 15 is 0 Å². The van der Waals surface area contributed by atoms with Crippen molar-refractivity contribution < 1.29 is 13.2 Å². The zero-order chi connectivity index (χ0) is 12.1. The van der Waals surface area contributed by atoms with Gasteiger partial charge in [-0.05, 0) is 30.2 Å². The Bertz CT molecular complexity index is 412. The van der Waals surface area contributed by atoms with Gasteiger partial charge in [-0.15, -0.1) is 0 Å². The van der Waals surface area contributed by atoms with Gasteiger partial charge in [-0.1, -0.05) is 0 Å². The van der Waals surface area contributed by atoms with E-state index < -0.39 is 11.9 Å². The van der Waals surface area contributed by atoms with Crippen LogP contribution in [0.2, 0.25) is 0 Å². The molecule has 1 aromatic rings. The van der Waals surface area contributed by atoms with Crippen molar-refractivity contribution in [3.8, 4) is 0 Å². The van der Waals surface area contributed by atoms with Crippen LogP contribution in [0.4, 0.5) is 13.2 Å². The van der Waals surface area contributed by atoms with Crippen LogP contribution in [0.3, 0.4) is 0 Å². The van der Waals surface area contributed by atoms with E-state index in [0.29, 0.717) is 17.9 Å². The Balaban J connectivity index is 1.64. The van der Waals surface area contributed by atoms with Crippen LogP contribution in [0.5, 0.6) is 0 Å². The summed E-state index contributed by atoms with van der Waals surface area (Å²) in [4.78, 5) is 0. The molecular weight excluding hydrogens is 231 g/mol. The molecule has 1 aliphatic heterocycles. The summed E-state index contributed by atoms with van der Waals surface area (Å²) in [5.41, 5.74) is -0.235. The number of nitrogens with one attached hydrogen (secondary N) is 1. The Kier molecular flexibility index (Phi) is 2.26. The van der Waals surface area contributed by atoms with E-state index in [0.717, 1.165) is 36.7 Å². The Morgan fingerprint density at radius 1 is 1.41 bits per heavy atom. The summed E-state index contributed by atoms with van der Waals surface area (Å²) in [5.74, 6) is 0.345. The third-order valence-electron chi connectivity index (χ3n) is 3.88. The number of hydrogen-bond donors (Lipinski definition) is 1. The standard InChI is InChI=1S/C11H14F3N3/c12-11(13,14)9-1-2-16-17(9)5-8-3-10(4-8)6-15-7-10/h1-2,8,15H,3-7H2. The van der Waals surface area contributed by atoms with Gasteiger partial charge in [0.25, 0.3) is 0 Å². The molecule has 0 atom stereocenters. The summed E-state index contributed by atoms with van der Waals surface area (Å²) >= 11 is 0. The molecule has 2 aliphatic rings. The molecular formula is C11H14F3N3. The summed E-state index contributed by atoms with van der Waals surface area (Å²) in [7, 11) is 0. The number of aromatic nitrogens is 2. The van der Waals surface area contributed by atoms with Gasteiger partial charge >= 0.3 is 6.18 Å². The molecule has 1 saturated heterocycles. The van der Waals surface area contributed by atoms with Gasteiger partial charge in [0.15, 0.2) is 0 Å². The maximum absolute atomic E-state index is 12.6. The first-order valence-electron chi connectivity index (χ1n) is 5.78. The van der Waals surface area contributed by atoms with E-state index in [1.54, 1.807) is 0 Å². The van der Waals surface area contributed by atoms with Crippen molar-refractivity contribution in [1.82, 2.24) is 15.1 Å². The Labute approximate surface area is 97.0 Å². The second-order valence-electron chi connectivity index (χ2n) is 5.27. The molecule has 3 nitrogen and oxygen atoms in total. The molecule has 0 unspecified atom stereocenters. The van der Waals surface area contributed by atoms with E-state index in [1.807, 2.05) is 0 Å². The lowest BCUT2D eigenvalue weighted by Gasteiger charge is -2.54. The van der Waals surface area contributed by atoms with Crippen molar-refractivity contribution in [2.45, 2.75) is 25.6 Å². The minimum atomic E-state index is -4.30. The van der Waals surface area contributed by atoms with Gasteiger partial charge in [0.1, 0.15) is 5.69 Å². The first-order valence-corrected chi connectivity index (χ1v) is 5.78. The lowest BCUT2D eigenvalue weighted by atomic mass is 9.58. The van der Waals surface area contributed by atoms with Crippen LogP contribution < -0.4 is 5.32 Å². The molecule has 2 fully saturated rings. The second kappa shape index (κ2) is 3.48. The van der Waals surface area contributed by atoms with E-state index in [-0.39, 0.29) is 0 Å². The summed E-state index contributed by atoms with van der Waals surface area (Å²) in [6.45, 7) is 2.44. The van der Waals surface area contributed by atoms with E-state index in [2.05, 4.69) is 10.4 Å². The Morgan fingerprint density at radius 2 is 2.12 bits per heavy atom. The number of halogens is 3. The molecule has 1 aromatic heterocycles. The molecule has 6 heteroatoms. The zero-order valence-electron chi connectivity index (χ0n) is 9.30. The highest BCUT2D eigenvalue weighted by molar-refractivity contribution is 5.07. The van der Waals surface area contributed by atoms with Crippen LogP contribution in [0.1, 0.15) is 18.5 Å². The van der Waals surface area contributed by atoms with Crippen molar-refractivity contribution in [1.29, 1.82) is 0 Å². The van der Waals surface area contributed by atoms with Crippen molar-refractivity contribution in [3.63, 3.8) is 0 Å². The van der Waals surface area contributed by atoms with Crippen molar-refractivity contribution >= 4 is 0 Å². The first kappa shape index (κ1) is 11.1. The summed E-state index contributed by atoms with van der Waals surface area (Å²) in [6.07, 6.45) is -1.02. The van der Waals surface area contributed by atoms with Crippen LogP contribution in [-0.2, 0) is 12.7 Å². The fourth-order valence-electron chi connectivity index (χ4n) is 3.02. The third kappa shape index (κ3) is 1.84. The number of nitrogens with zero attached hydrogens (tertiary/aromatic N) is 2. The normalized spacial score (nSPS) is 23.5. The molecule has 17 heavy (non-hydrogen) atoms. The van der Waals surface area contributed by atoms with E-state index in [1.165, 1.54) is 6.20 Å². The molecule has 1 N–H and O–H groups in total. The second-order valence-corrected chi connectivity index (χ2v) is 5.27. The predicted octanol–water partition coefficient (Wildman–Crippen LogP) is 1.90. The Hall–Kier alpha value is -1.04. The smallest absolute Gasteiger partial charge is 0.316 e.